The van der Waals surface area contributed by atoms with Crippen LogP contribution in [0.1, 0.15) is 30.1 Å². The highest BCUT2D eigenvalue weighted by Gasteiger charge is 2.19. The Bertz CT molecular complexity index is 711. The second kappa shape index (κ2) is 7.63. The van der Waals surface area contributed by atoms with Crippen molar-refractivity contribution >= 4 is 22.6 Å². The van der Waals surface area contributed by atoms with Crippen molar-refractivity contribution in [2.45, 2.75) is 19.8 Å². The zero-order chi connectivity index (χ0) is 16.8. The molecule has 1 amide bonds. The summed E-state index contributed by atoms with van der Waals surface area (Å²) < 4.78 is 5.31. The first-order valence-corrected chi connectivity index (χ1v) is 7.65. The molecule has 0 aliphatic rings. The van der Waals surface area contributed by atoms with Gasteiger partial charge in [0.1, 0.15) is 5.75 Å². The van der Waals surface area contributed by atoms with E-state index in [4.69, 9.17) is 9.84 Å². The van der Waals surface area contributed by atoms with Gasteiger partial charge in [-0.05, 0) is 23.9 Å². The summed E-state index contributed by atoms with van der Waals surface area (Å²) in [6.45, 7) is 2.05. The van der Waals surface area contributed by atoms with E-state index in [0.29, 0.717) is 17.7 Å². The van der Waals surface area contributed by atoms with Crippen LogP contribution in [-0.2, 0) is 4.79 Å². The molecule has 5 heteroatoms. The number of methoxy groups -OCH3 is 1. The number of hydrogen-bond acceptors (Lipinski definition) is 3. The monoisotopic (exact) mass is 315 g/mol. The number of amides is 1. The van der Waals surface area contributed by atoms with E-state index in [9.17, 15) is 9.59 Å². The summed E-state index contributed by atoms with van der Waals surface area (Å²) in [7, 11) is 1.59. The highest BCUT2D eigenvalue weighted by atomic mass is 16.5. The molecule has 0 aliphatic heterocycles. The number of carboxylic acid groups (broad SMARTS) is 1. The van der Waals surface area contributed by atoms with Crippen molar-refractivity contribution in [1.29, 1.82) is 0 Å². The van der Waals surface area contributed by atoms with Crippen molar-refractivity contribution in [2.24, 2.45) is 5.92 Å². The van der Waals surface area contributed by atoms with Gasteiger partial charge in [0.15, 0.2) is 0 Å². The molecule has 5 nitrogen and oxygen atoms in total. The Morgan fingerprint density at radius 1 is 1.17 bits per heavy atom. The number of carbonyl (C=O) groups is 2. The lowest BCUT2D eigenvalue weighted by Gasteiger charge is -2.14. The van der Waals surface area contributed by atoms with Gasteiger partial charge < -0.3 is 15.2 Å². The van der Waals surface area contributed by atoms with Crippen LogP contribution >= 0.6 is 0 Å². The molecule has 2 rings (SSSR count). The van der Waals surface area contributed by atoms with Crippen molar-refractivity contribution in [2.75, 3.05) is 13.7 Å². The second-order valence-electron chi connectivity index (χ2n) is 5.39. The molecule has 0 fully saturated rings. The molecule has 0 bridgehead atoms. The summed E-state index contributed by atoms with van der Waals surface area (Å²) in [5, 5.41) is 13.5. The van der Waals surface area contributed by atoms with Gasteiger partial charge in [0, 0.05) is 17.5 Å². The molecule has 1 atom stereocenters. The number of aliphatic carboxylic acids is 1. The SMILES string of the molecule is CCCC(CNC(=O)c1ccc(OC)c2ccccc12)C(=O)O. The molecule has 2 aromatic rings. The lowest BCUT2D eigenvalue weighted by Crippen LogP contribution is -2.33. The fraction of sp³-hybridized carbons (Fsp3) is 0.333. The second-order valence-corrected chi connectivity index (χ2v) is 5.39. The quantitative estimate of drug-likeness (QED) is 0.823. The molecular formula is C18H21NO4. The maximum absolute atomic E-state index is 12.4. The van der Waals surface area contributed by atoms with E-state index < -0.39 is 11.9 Å². The molecule has 2 aromatic carbocycles. The van der Waals surface area contributed by atoms with Crippen molar-refractivity contribution in [3.8, 4) is 5.75 Å². The third kappa shape index (κ3) is 3.80. The number of nitrogens with one attached hydrogen (secondary N) is 1. The normalized spacial score (nSPS) is 11.9. The fourth-order valence-electron chi connectivity index (χ4n) is 2.62. The highest BCUT2D eigenvalue weighted by Crippen LogP contribution is 2.28. The smallest absolute Gasteiger partial charge is 0.308 e. The Labute approximate surface area is 135 Å². The number of carbonyl (C=O) groups excluding carboxylic acids is 1. The highest BCUT2D eigenvalue weighted by molar-refractivity contribution is 6.08. The topological polar surface area (TPSA) is 75.6 Å². The van der Waals surface area contributed by atoms with Crippen LogP contribution in [0.25, 0.3) is 10.8 Å². The van der Waals surface area contributed by atoms with Crippen LogP contribution < -0.4 is 10.1 Å². The summed E-state index contributed by atoms with van der Waals surface area (Å²) in [5.41, 5.74) is 0.516. The van der Waals surface area contributed by atoms with Crippen LogP contribution in [-0.4, -0.2) is 30.6 Å². The minimum atomic E-state index is -0.883. The standard InChI is InChI=1S/C18H21NO4/c1-3-6-12(18(21)22)11-19-17(20)15-9-10-16(23-2)14-8-5-4-7-13(14)15/h4-5,7-10,12H,3,6,11H2,1-2H3,(H,19,20)(H,21,22). The lowest BCUT2D eigenvalue weighted by atomic mass is 10.0. The van der Waals surface area contributed by atoms with Crippen LogP contribution in [0, 0.1) is 5.92 Å². The van der Waals surface area contributed by atoms with Gasteiger partial charge in [-0.15, -0.1) is 0 Å². The van der Waals surface area contributed by atoms with Gasteiger partial charge in [-0.2, -0.15) is 0 Å². The molecule has 2 N–H and O–H groups in total. The van der Waals surface area contributed by atoms with E-state index in [1.165, 1.54) is 0 Å². The molecule has 0 radical (unpaired) electrons. The minimum absolute atomic E-state index is 0.127. The summed E-state index contributed by atoms with van der Waals surface area (Å²) in [4.78, 5) is 23.6. The van der Waals surface area contributed by atoms with Gasteiger partial charge >= 0.3 is 5.97 Å². The predicted octanol–water partition coefficient (Wildman–Crippen LogP) is 3.08. The third-order valence-corrected chi connectivity index (χ3v) is 3.84. The Kier molecular flexibility index (Phi) is 5.57. The van der Waals surface area contributed by atoms with E-state index in [-0.39, 0.29) is 12.5 Å². The molecule has 0 aromatic heterocycles. The van der Waals surface area contributed by atoms with E-state index in [1.54, 1.807) is 19.2 Å². The third-order valence-electron chi connectivity index (χ3n) is 3.84. The zero-order valence-electron chi connectivity index (χ0n) is 13.3. The van der Waals surface area contributed by atoms with Crippen LogP contribution in [0.15, 0.2) is 36.4 Å². The number of hydrogen-bond donors (Lipinski definition) is 2. The lowest BCUT2D eigenvalue weighted by molar-refractivity contribution is -0.141. The van der Waals surface area contributed by atoms with Gasteiger partial charge in [-0.1, -0.05) is 37.6 Å². The molecule has 0 spiro atoms. The maximum atomic E-state index is 12.4. The van der Waals surface area contributed by atoms with Crippen LogP contribution in [0.2, 0.25) is 0 Å². The molecule has 0 aliphatic carbocycles. The molecular weight excluding hydrogens is 294 g/mol. The molecule has 0 heterocycles. The van der Waals surface area contributed by atoms with Gasteiger partial charge in [0.2, 0.25) is 0 Å². The summed E-state index contributed by atoms with van der Waals surface area (Å²) in [6.07, 6.45) is 1.30. The average molecular weight is 315 g/mol. The average Bonchev–Trinajstić information content (AvgIpc) is 2.57. The number of rotatable bonds is 7. The van der Waals surface area contributed by atoms with E-state index in [2.05, 4.69) is 5.32 Å². The molecule has 122 valence electrons. The molecule has 0 saturated heterocycles. The van der Waals surface area contributed by atoms with Gasteiger partial charge in [0.25, 0.3) is 5.91 Å². The Hall–Kier alpha value is -2.56. The number of carboxylic acids is 1. The summed E-state index contributed by atoms with van der Waals surface area (Å²) in [5.74, 6) is -1.02. The maximum Gasteiger partial charge on any atom is 0.308 e. The number of fused-ring (bicyclic) bond motifs is 1. The van der Waals surface area contributed by atoms with Crippen LogP contribution in [0.5, 0.6) is 5.75 Å². The molecule has 0 saturated carbocycles. The van der Waals surface area contributed by atoms with Gasteiger partial charge in [-0.3, -0.25) is 9.59 Å². The minimum Gasteiger partial charge on any atom is -0.496 e. The Morgan fingerprint density at radius 3 is 2.48 bits per heavy atom. The van der Waals surface area contributed by atoms with Crippen molar-refractivity contribution in [3.63, 3.8) is 0 Å². The first-order chi connectivity index (χ1) is 11.1. The zero-order valence-corrected chi connectivity index (χ0v) is 13.3. The Morgan fingerprint density at radius 2 is 1.87 bits per heavy atom. The van der Waals surface area contributed by atoms with E-state index in [1.807, 2.05) is 31.2 Å². The fourth-order valence-corrected chi connectivity index (χ4v) is 2.62. The molecule has 1 unspecified atom stereocenters. The van der Waals surface area contributed by atoms with Crippen LogP contribution in [0.3, 0.4) is 0 Å². The number of ether oxygens (including phenoxy) is 1. The number of benzene rings is 2. The largest absolute Gasteiger partial charge is 0.496 e. The van der Waals surface area contributed by atoms with E-state index in [0.717, 1.165) is 17.2 Å². The first kappa shape index (κ1) is 16.8. The molecule has 23 heavy (non-hydrogen) atoms. The first-order valence-electron chi connectivity index (χ1n) is 7.65. The predicted molar refractivity (Wildman–Crippen MR) is 88.9 cm³/mol. The Balaban J connectivity index is 2.23. The van der Waals surface area contributed by atoms with Gasteiger partial charge in [-0.25, -0.2) is 0 Å². The van der Waals surface area contributed by atoms with Crippen molar-refractivity contribution in [1.82, 2.24) is 5.32 Å². The summed E-state index contributed by atoms with van der Waals surface area (Å²) >= 11 is 0. The van der Waals surface area contributed by atoms with Crippen molar-refractivity contribution in [3.05, 3.63) is 42.0 Å². The van der Waals surface area contributed by atoms with Crippen molar-refractivity contribution < 1.29 is 19.4 Å². The van der Waals surface area contributed by atoms with Crippen LogP contribution in [0.4, 0.5) is 0 Å². The van der Waals surface area contributed by atoms with E-state index >= 15 is 0 Å². The summed E-state index contributed by atoms with van der Waals surface area (Å²) in [6, 6.07) is 10.9. The van der Waals surface area contributed by atoms with Gasteiger partial charge in [0.05, 0.1) is 13.0 Å².